The fourth-order valence-corrected chi connectivity index (χ4v) is 5.46. The highest BCUT2D eigenvalue weighted by atomic mass is 32.1. The lowest BCUT2D eigenvalue weighted by atomic mass is 9.86. The third-order valence-electron chi connectivity index (χ3n) is 5.50. The van der Waals surface area contributed by atoms with Crippen LogP contribution in [0.3, 0.4) is 0 Å². The first-order valence-corrected chi connectivity index (χ1v) is 10.8. The summed E-state index contributed by atoms with van der Waals surface area (Å²) in [6.07, 6.45) is 11.4. The van der Waals surface area contributed by atoms with Crippen molar-refractivity contribution in [1.29, 1.82) is 0 Å². The van der Waals surface area contributed by atoms with Gasteiger partial charge in [-0.15, -0.1) is 11.3 Å². The molecule has 1 aromatic rings. The van der Waals surface area contributed by atoms with E-state index in [0.717, 1.165) is 48.5 Å². The highest BCUT2D eigenvalue weighted by molar-refractivity contribution is 7.17. The van der Waals surface area contributed by atoms with Gasteiger partial charge in [0.1, 0.15) is 5.00 Å². The Balaban J connectivity index is 1.40. The second kappa shape index (κ2) is 9.35. The standard InChI is InChI=1S/C20H28N2O4S/c21-19(25)18-14-9-5-10-15(14)27-20(18)22-16(23)12-26-17(24)11-4-8-13-6-2-1-3-7-13/h13H,1-12H2,(H2,21,25)(H,22,23). The first kappa shape index (κ1) is 19.9. The van der Waals surface area contributed by atoms with Crippen LogP contribution in [0.1, 0.15) is 78.6 Å². The van der Waals surface area contributed by atoms with E-state index in [1.54, 1.807) is 0 Å². The molecule has 7 heteroatoms. The largest absolute Gasteiger partial charge is 0.456 e. The number of rotatable bonds is 8. The summed E-state index contributed by atoms with van der Waals surface area (Å²) in [5, 5.41) is 3.16. The van der Waals surface area contributed by atoms with Crippen LogP contribution in [0, 0.1) is 5.92 Å². The molecule has 3 rings (SSSR count). The van der Waals surface area contributed by atoms with Crippen molar-refractivity contribution in [3.63, 3.8) is 0 Å². The van der Waals surface area contributed by atoms with E-state index in [1.165, 1.54) is 43.4 Å². The quantitative estimate of drug-likeness (QED) is 0.661. The van der Waals surface area contributed by atoms with Gasteiger partial charge < -0.3 is 15.8 Å². The molecule has 0 radical (unpaired) electrons. The average molecular weight is 393 g/mol. The minimum atomic E-state index is -0.524. The lowest BCUT2D eigenvalue weighted by Crippen LogP contribution is -2.22. The molecule has 1 saturated carbocycles. The number of fused-ring (bicyclic) bond motifs is 1. The number of anilines is 1. The monoisotopic (exact) mass is 392 g/mol. The van der Waals surface area contributed by atoms with Crippen molar-refractivity contribution in [2.75, 3.05) is 11.9 Å². The van der Waals surface area contributed by atoms with Crippen LogP contribution < -0.4 is 11.1 Å². The third kappa shape index (κ3) is 5.31. The highest BCUT2D eigenvalue weighted by Crippen LogP contribution is 2.38. The van der Waals surface area contributed by atoms with Gasteiger partial charge in [0, 0.05) is 11.3 Å². The second-order valence-corrected chi connectivity index (χ2v) is 8.64. The number of esters is 1. The molecule has 1 heterocycles. The topological polar surface area (TPSA) is 98.5 Å². The molecule has 0 bridgehead atoms. The molecule has 0 aliphatic heterocycles. The molecule has 2 aliphatic rings. The van der Waals surface area contributed by atoms with Gasteiger partial charge in [-0.1, -0.05) is 32.1 Å². The number of amides is 2. The summed E-state index contributed by atoms with van der Waals surface area (Å²) >= 11 is 1.40. The van der Waals surface area contributed by atoms with Crippen molar-refractivity contribution in [3.8, 4) is 0 Å². The lowest BCUT2D eigenvalue weighted by Gasteiger charge is -2.20. The Morgan fingerprint density at radius 2 is 1.89 bits per heavy atom. The third-order valence-corrected chi connectivity index (χ3v) is 6.71. The molecule has 148 valence electrons. The molecule has 0 saturated heterocycles. The Hall–Kier alpha value is -1.89. The van der Waals surface area contributed by atoms with E-state index >= 15 is 0 Å². The Labute approximate surface area is 163 Å². The fraction of sp³-hybridized carbons (Fsp3) is 0.650. The Morgan fingerprint density at radius 3 is 2.63 bits per heavy atom. The van der Waals surface area contributed by atoms with Gasteiger partial charge in [0.15, 0.2) is 6.61 Å². The van der Waals surface area contributed by atoms with E-state index in [2.05, 4.69) is 5.32 Å². The van der Waals surface area contributed by atoms with Crippen LogP contribution in [0.5, 0.6) is 0 Å². The maximum atomic E-state index is 12.1. The smallest absolute Gasteiger partial charge is 0.306 e. The normalized spacial score (nSPS) is 16.7. The number of hydrogen-bond acceptors (Lipinski definition) is 5. The van der Waals surface area contributed by atoms with Gasteiger partial charge in [-0.05, 0) is 43.6 Å². The summed E-state index contributed by atoms with van der Waals surface area (Å²) in [5.41, 5.74) is 6.85. The molecule has 6 nitrogen and oxygen atoms in total. The molecule has 1 fully saturated rings. The second-order valence-electron chi connectivity index (χ2n) is 7.53. The van der Waals surface area contributed by atoms with Gasteiger partial charge in [0.2, 0.25) is 0 Å². The SMILES string of the molecule is NC(=O)c1c(NC(=O)COC(=O)CCCC2CCCCC2)sc2c1CCC2. The average Bonchev–Trinajstić information content (AvgIpc) is 3.21. The summed E-state index contributed by atoms with van der Waals surface area (Å²) in [4.78, 5) is 36.8. The molecule has 0 atom stereocenters. The van der Waals surface area contributed by atoms with E-state index in [4.69, 9.17) is 10.5 Å². The number of primary amides is 1. The van der Waals surface area contributed by atoms with Crippen molar-refractivity contribution >= 4 is 34.1 Å². The molecule has 3 N–H and O–H groups in total. The van der Waals surface area contributed by atoms with E-state index in [0.29, 0.717) is 17.0 Å². The molecule has 27 heavy (non-hydrogen) atoms. The number of carbonyl (C=O) groups is 3. The first-order chi connectivity index (χ1) is 13.0. The van der Waals surface area contributed by atoms with Crippen molar-refractivity contribution in [1.82, 2.24) is 0 Å². The molecular formula is C20H28N2O4S. The number of aryl methyl sites for hydroxylation is 1. The van der Waals surface area contributed by atoms with Crippen LogP contribution in [-0.2, 0) is 27.2 Å². The highest BCUT2D eigenvalue weighted by Gasteiger charge is 2.26. The van der Waals surface area contributed by atoms with Gasteiger partial charge in [-0.25, -0.2) is 0 Å². The summed E-state index contributed by atoms with van der Waals surface area (Å²) < 4.78 is 5.08. The molecule has 2 amide bonds. The summed E-state index contributed by atoms with van der Waals surface area (Å²) in [6.45, 7) is -0.330. The van der Waals surface area contributed by atoms with Gasteiger partial charge in [0.05, 0.1) is 5.56 Å². The molecule has 1 aromatic heterocycles. The van der Waals surface area contributed by atoms with Gasteiger partial charge in [-0.2, -0.15) is 0 Å². The minimum absolute atomic E-state index is 0.330. The molecule has 2 aliphatic carbocycles. The maximum Gasteiger partial charge on any atom is 0.306 e. The molecule has 0 unspecified atom stereocenters. The summed E-state index contributed by atoms with van der Waals surface area (Å²) in [6, 6.07) is 0. The van der Waals surface area contributed by atoms with Crippen LogP contribution >= 0.6 is 11.3 Å². The van der Waals surface area contributed by atoms with Crippen LogP contribution in [0.25, 0.3) is 0 Å². The van der Waals surface area contributed by atoms with Crippen LogP contribution in [0.2, 0.25) is 0 Å². The van der Waals surface area contributed by atoms with Gasteiger partial charge in [0.25, 0.3) is 11.8 Å². The number of ether oxygens (including phenoxy) is 1. The lowest BCUT2D eigenvalue weighted by molar-refractivity contribution is -0.147. The van der Waals surface area contributed by atoms with Crippen molar-refractivity contribution in [2.24, 2.45) is 11.7 Å². The predicted octanol–water partition coefficient (Wildman–Crippen LogP) is 3.57. The summed E-state index contributed by atoms with van der Waals surface area (Å²) in [7, 11) is 0. The molecule has 0 aromatic carbocycles. The Bertz CT molecular complexity index is 707. The number of nitrogens with two attached hydrogens (primary N) is 1. The van der Waals surface area contributed by atoms with Crippen LogP contribution in [0.4, 0.5) is 5.00 Å². The van der Waals surface area contributed by atoms with E-state index in [9.17, 15) is 14.4 Å². The zero-order valence-electron chi connectivity index (χ0n) is 15.7. The summed E-state index contributed by atoms with van der Waals surface area (Å²) in [5.74, 6) is -0.560. The number of carbonyl (C=O) groups excluding carboxylic acids is 3. The maximum absolute atomic E-state index is 12.1. The predicted molar refractivity (Wildman–Crippen MR) is 105 cm³/mol. The number of thiophene rings is 1. The number of nitrogens with one attached hydrogen (secondary N) is 1. The fourth-order valence-electron chi connectivity index (χ4n) is 4.14. The van der Waals surface area contributed by atoms with E-state index in [1.807, 2.05) is 0 Å². The van der Waals surface area contributed by atoms with Gasteiger partial charge in [-0.3, -0.25) is 14.4 Å². The first-order valence-electron chi connectivity index (χ1n) is 9.94. The molecule has 0 spiro atoms. The Morgan fingerprint density at radius 1 is 1.11 bits per heavy atom. The Kier molecular flexibility index (Phi) is 6.88. The van der Waals surface area contributed by atoms with Crippen LogP contribution in [-0.4, -0.2) is 24.4 Å². The van der Waals surface area contributed by atoms with Crippen LogP contribution in [0.15, 0.2) is 0 Å². The number of hydrogen-bond donors (Lipinski definition) is 2. The zero-order valence-corrected chi connectivity index (χ0v) is 16.5. The van der Waals surface area contributed by atoms with E-state index in [-0.39, 0.29) is 12.6 Å². The minimum Gasteiger partial charge on any atom is -0.456 e. The van der Waals surface area contributed by atoms with Crippen molar-refractivity contribution in [3.05, 3.63) is 16.0 Å². The molecular weight excluding hydrogens is 364 g/mol. The van der Waals surface area contributed by atoms with Gasteiger partial charge >= 0.3 is 5.97 Å². The van der Waals surface area contributed by atoms with E-state index < -0.39 is 11.8 Å². The van der Waals surface area contributed by atoms with Crippen molar-refractivity contribution < 1.29 is 19.1 Å². The van der Waals surface area contributed by atoms with Crippen molar-refractivity contribution in [2.45, 2.75) is 70.6 Å². The zero-order chi connectivity index (χ0) is 19.2.